The van der Waals surface area contributed by atoms with Crippen LogP contribution >= 0.6 is 0 Å². The summed E-state index contributed by atoms with van der Waals surface area (Å²) in [6.07, 6.45) is 2.08. The molecular formula is C6H13NO5S2. The zero-order valence-corrected chi connectivity index (χ0v) is 9.40. The summed E-state index contributed by atoms with van der Waals surface area (Å²) in [6.45, 7) is -0.127. The Kier molecular flexibility index (Phi) is 3.51. The Balaban J connectivity index is 2.47. The van der Waals surface area contributed by atoms with E-state index in [-0.39, 0.29) is 12.4 Å². The Hall–Kier alpha value is -0.180. The molecule has 6 nitrogen and oxygen atoms in total. The van der Waals surface area contributed by atoms with Gasteiger partial charge in [0.25, 0.3) is 10.1 Å². The van der Waals surface area contributed by atoms with Gasteiger partial charge in [0.15, 0.2) is 0 Å². The fraction of sp³-hybridized carbons (Fsp3) is 1.00. The Morgan fingerprint density at radius 1 is 1.50 bits per heavy atom. The van der Waals surface area contributed by atoms with Gasteiger partial charge in [-0.15, -0.1) is 0 Å². The smallest absolute Gasteiger partial charge is 0.264 e. The van der Waals surface area contributed by atoms with Gasteiger partial charge in [-0.3, -0.25) is 4.18 Å². The van der Waals surface area contributed by atoms with Crippen molar-refractivity contribution in [3.8, 4) is 0 Å². The quantitative estimate of drug-likeness (QED) is 0.645. The highest BCUT2D eigenvalue weighted by atomic mass is 32.2. The third-order valence-corrected chi connectivity index (χ3v) is 3.88. The van der Waals surface area contributed by atoms with Gasteiger partial charge in [0, 0.05) is 6.04 Å². The molecule has 1 fully saturated rings. The van der Waals surface area contributed by atoms with Crippen LogP contribution in [0.2, 0.25) is 0 Å². The highest BCUT2D eigenvalue weighted by Gasteiger charge is 2.24. The summed E-state index contributed by atoms with van der Waals surface area (Å²) in [5.74, 6) is 0.0996. The van der Waals surface area contributed by atoms with Gasteiger partial charge in [-0.2, -0.15) is 8.42 Å². The van der Waals surface area contributed by atoms with E-state index < -0.39 is 26.2 Å². The van der Waals surface area contributed by atoms with Crippen molar-refractivity contribution in [2.75, 3.05) is 18.6 Å². The Labute approximate surface area is 83.8 Å². The highest BCUT2D eigenvalue weighted by Crippen LogP contribution is 2.09. The third kappa shape index (κ3) is 4.36. The first kappa shape index (κ1) is 11.9. The molecule has 1 atom stereocenters. The number of nitrogens with one attached hydrogen (secondary N) is 1. The minimum atomic E-state index is -3.50. The second kappa shape index (κ2) is 4.13. The summed E-state index contributed by atoms with van der Waals surface area (Å²) in [5.41, 5.74) is 0. The van der Waals surface area contributed by atoms with Crippen LogP contribution in [0.15, 0.2) is 0 Å². The van der Waals surface area contributed by atoms with Crippen LogP contribution in [0, 0.1) is 0 Å². The summed E-state index contributed by atoms with van der Waals surface area (Å²) in [4.78, 5) is 0. The Morgan fingerprint density at radius 3 is 2.64 bits per heavy atom. The molecule has 1 aliphatic heterocycles. The van der Waals surface area contributed by atoms with Gasteiger partial charge in [-0.1, -0.05) is 0 Å². The van der Waals surface area contributed by atoms with Gasteiger partial charge in [0.1, 0.15) is 0 Å². The third-order valence-electron chi connectivity index (χ3n) is 1.80. The fourth-order valence-corrected chi connectivity index (χ4v) is 2.98. The maximum Gasteiger partial charge on any atom is 0.264 e. The van der Waals surface area contributed by atoms with Crippen LogP contribution in [0.25, 0.3) is 0 Å². The van der Waals surface area contributed by atoms with Crippen LogP contribution in [-0.4, -0.2) is 41.5 Å². The van der Waals surface area contributed by atoms with Crippen LogP contribution in [0.3, 0.4) is 0 Å². The molecule has 14 heavy (non-hydrogen) atoms. The van der Waals surface area contributed by atoms with Crippen molar-refractivity contribution >= 4 is 20.1 Å². The number of rotatable bonds is 3. The van der Waals surface area contributed by atoms with E-state index >= 15 is 0 Å². The van der Waals surface area contributed by atoms with E-state index in [4.69, 9.17) is 0 Å². The predicted octanol–water partition coefficient (Wildman–Crippen LogP) is -0.956. The van der Waals surface area contributed by atoms with E-state index in [2.05, 4.69) is 8.91 Å². The molecular weight excluding hydrogens is 230 g/mol. The molecule has 84 valence electrons. The molecule has 1 N–H and O–H groups in total. The molecule has 0 amide bonds. The van der Waals surface area contributed by atoms with E-state index in [0.29, 0.717) is 12.8 Å². The second-order valence-electron chi connectivity index (χ2n) is 3.26. The van der Waals surface area contributed by atoms with Crippen molar-refractivity contribution in [2.24, 2.45) is 0 Å². The van der Waals surface area contributed by atoms with Gasteiger partial charge in [-0.05, 0) is 12.8 Å². The summed E-state index contributed by atoms with van der Waals surface area (Å²) < 4.78 is 50.3. The van der Waals surface area contributed by atoms with Crippen molar-refractivity contribution < 1.29 is 21.0 Å². The molecule has 0 aromatic carbocycles. The van der Waals surface area contributed by atoms with Gasteiger partial charge in [-0.25, -0.2) is 13.1 Å². The van der Waals surface area contributed by atoms with Gasteiger partial charge >= 0.3 is 0 Å². The molecule has 1 saturated heterocycles. The highest BCUT2D eigenvalue weighted by molar-refractivity contribution is 7.89. The standard InChI is InChI=1S/C6H13NO5S2/c1-13(8,9)12-5-6-3-2-4-14(10,11)7-6/h6-7H,2-5H2,1H3. The normalized spacial score (nSPS) is 27.4. The number of hydrogen-bond acceptors (Lipinski definition) is 5. The predicted molar refractivity (Wildman–Crippen MR) is 50.7 cm³/mol. The first-order valence-corrected chi connectivity index (χ1v) is 7.60. The molecule has 8 heteroatoms. The van der Waals surface area contributed by atoms with Gasteiger partial charge < -0.3 is 0 Å². The maximum absolute atomic E-state index is 11.1. The molecule has 1 unspecified atom stereocenters. The first-order chi connectivity index (χ1) is 6.29. The average Bonchev–Trinajstić information content (AvgIpc) is 1.98. The minimum Gasteiger partial charge on any atom is -0.269 e. The van der Waals surface area contributed by atoms with Crippen LogP contribution in [0.4, 0.5) is 0 Å². The summed E-state index contributed by atoms with van der Waals surface area (Å²) in [6, 6.07) is -0.427. The van der Waals surface area contributed by atoms with E-state index in [9.17, 15) is 16.8 Å². The molecule has 0 radical (unpaired) electrons. The summed E-state index contributed by atoms with van der Waals surface area (Å²) in [7, 11) is -6.72. The Morgan fingerprint density at radius 2 is 2.14 bits per heavy atom. The first-order valence-electron chi connectivity index (χ1n) is 4.13. The molecule has 0 aliphatic carbocycles. The minimum absolute atomic E-state index is 0.0996. The van der Waals surface area contributed by atoms with E-state index in [0.717, 1.165) is 6.26 Å². The molecule has 0 aromatic heterocycles. The van der Waals surface area contributed by atoms with Crippen LogP contribution in [0.5, 0.6) is 0 Å². The van der Waals surface area contributed by atoms with E-state index in [1.165, 1.54) is 0 Å². The molecule has 1 rings (SSSR count). The van der Waals surface area contributed by atoms with Crippen molar-refractivity contribution in [3.63, 3.8) is 0 Å². The van der Waals surface area contributed by atoms with E-state index in [1.54, 1.807) is 0 Å². The number of hydrogen-bond donors (Lipinski definition) is 1. The van der Waals surface area contributed by atoms with Gasteiger partial charge in [0.2, 0.25) is 10.0 Å². The van der Waals surface area contributed by atoms with Crippen LogP contribution < -0.4 is 4.72 Å². The van der Waals surface area contributed by atoms with Crippen LogP contribution in [-0.2, 0) is 24.3 Å². The lowest BCUT2D eigenvalue weighted by molar-refractivity contribution is 0.274. The SMILES string of the molecule is CS(=O)(=O)OCC1CCCS(=O)(=O)N1. The monoisotopic (exact) mass is 243 g/mol. The second-order valence-corrected chi connectivity index (χ2v) is 6.78. The summed E-state index contributed by atoms with van der Waals surface area (Å²) >= 11 is 0. The van der Waals surface area contributed by atoms with Crippen LogP contribution in [0.1, 0.15) is 12.8 Å². The molecule has 0 spiro atoms. The van der Waals surface area contributed by atoms with Gasteiger partial charge in [0.05, 0.1) is 18.6 Å². The molecule has 1 aliphatic rings. The van der Waals surface area contributed by atoms with Crippen molar-refractivity contribution in [1.29, 1.82) is 0 Å². The van der Waals surface area contributed by atoms with E-state index in [1.807, 2.05) is 0 Å². The number of sulfonamides is 1. The lowest BCUT2D eigenvalue weighted by Gasteiger charge is -2.22. The topological polar surface area (TPSA) is 89.5 Å². The summed E-state index contributed by atoms with van der Waals surface area (Å²) in [5, 5.41) is 0. The van der Waals surface area contributed by atoms with Crippen molar-refractivity contribution in [2.45, 2.75) is 18.9 Å². The fourth-order valence-electron chi connectivity index (χ4n) is 1.21. The average molecular weight is 243 g/mol. The lowest BCUT2D eigenvalue weighted by atomic mass is 10.2. The molecule has 1 heterocycles. The lowest BCUT2D eigenvalue weighted by Crippen LogP contribution is -2.43. The molecule has 0 aromatic rings. The van der Waals surface area contributed by atoms with Crippen molar-refractivity contribution in [3.05, 3.63) is 0 Å². The maximum atomic E-state index is 11.1. The largest absolute Gasteiger partial charge is 0.269 e. The zero-order valence-electron chi connectivity index (χ0n) is 7.76. The molecule has 0 saturated carbocycles. The zero-order chi connectivity index (χ0) is 10.8. The Bertz CT molecular complexity index is 384. The molecule has 0 bridgehead atoms. The van der Waals surface area contributed by atoms with Crippen molar-refractivity contribution in [1.82, 2.24) is 4.72 Å².